The number of aliphatic hydroxyl groups is 1. The summed E-state index contributed by atoms with van der Waals surface area (Å²) in [6.45, 7) is 8.88. The van der Waals surface area contributed by atoms with Crippen molar-refractivity contribution in [3.63, 3.8) is 0 Å². The topological polar surface area (TPSA) is 125 Å². The Bertz CT molecular complexity index is 1770. The summed E-state index contributed by atoms with van der Waals surface area (Å²) in [5.74, 6) is -1.03. The molecule has 0 saturated heterocycles. The van der Waals surface area contributed by atoms with Gasteiger partial charge in [0.15, 0.2) is 5.82 Å². The van der Waals surface area contributed by atoms with Crippen LogP contribution in [0.2, 0.25) is 0 Å². The number of carbonyl (C=O) groups is 1. The average Bonchev–Trinajstić information content (AvgIpc) is 3.63. The molecule has 0 aliphatic rings. The highest BCUT2D eigenvalue weighted by atomic mass is 32.2. The standard InChI is InChI=1S/C30H31F2N8O3S/c1-19-10-22(11-20(2)28(19)43-21(3)41)13-38-17-35-39(18-38)14-30(42,24-7-6-23(31)12-25(24)32)29(4,5)44-27-9-8-26(36-37-27)40-16-33-15-34-40/h6-12,15-18,42H,13-14H2,1-5H3/q+1/t30-/m1/s1. The molecule has 0 fully saturated rings. The zero-order chi connectivity index (χ0) is 31.6. The van der Waals surface area contributed by atoms with Crippen LogP contribution < -0.4 is 9.30 Å². The number of hydrogen-bond donors (Lipinski definition) is 1. The summed E-state index contributed by atoms with van der Waals surface area (Å²) in [6.07, 6.45) is 6.17. The first-order valence-corrected chi connectivity index (χ1v) is 14.4. The van der Waals surface area contributed by atoms with Gasteiger partial charge in [0.25, 0.3) is 6.33 Å². The third-order valence-corrected chi connectivity index (χ3v) is 8.44. The third-order valence-electron chi connectivity index (χ3n) is 7.16. The number of rotatable bonds is 10. The number of ether oxygens (including phenoxy) is 1. The maximum Gasteiger partial charge on any atom is 0.308 e. The second-order valence-corrected chi connectivity index (χ2v) is 12.6. The van der Waals surface area contributed by atoms with E-state index in [9.17, 15) is 14.3 Å². The van der Waals surface area contributed by atoms with Crippen LogP contribution in [0.1, 0.15) is 43.0 Å². The van der Waals surface area contributed by atoms with Crippen LogP contribution >= 0.6 is 11.8 Å². The van der Waals surface area contributed by atoms with E-state index in [1.165, 1.54) is 46.8 Å². The maximum atomic E-state index is 15.3. The van der Waals surface area contributed by atoms with Gasteiger partial charge in [-0.15, -0.1) is 14.9 Å². The summed E-state index contributed by atoms with van der Waals surface area (Å²) < 4.78 is 38.2. The second kappa shape index (κ2) is 12.2. The molecule has 11 nitrogen and oxygen atoms in total. The Balaban J connectivity index is 1.43. The molecule has 0 amide bonds. The van der Waals surface area contributed by atoms with Crippen molar-refractivity contribution < 1.29 is 28.0 Å². The van der Waals surface area contributed by atoms with Crippen molar-refractivity contribution in [3.8, 4) is 11.6 Å². The van der Waals surface area contributed by atoms with E-state index < -0.39 is 22.0 Å². The van der Waals surface area contributed by atoms with Crippen LogP contribution in [0.15, 0.2) is 72.8 Å². The normalized spacial score (nSPS) is 13.1. The third kappa shape index (κ3) is 6.50. The summed E-state index contributed by atoms with van der Waals surface area (Å²) in [5.41, 5.74) is 0.618. The Morgan fingerprint density at radius 2 is 1.82 bits per heavy atom. The van der Waals surface area contributed by atoms with Crippen molar-refractivity contribution >= 4 is 17.7 Å². The van der Waals surface area contributed by atoms with Crippen LogP contribution in [-0.4, -0.2) is 50.6 Å². The molecule has 0 unspecified atom stereocenters. The Morgan fingerprint density at radius 1 is 1.07 bits per heavy atom. The van der Waals surface area contributed by atoms with E-state index in [0.29, 0.717) is 23.1 Å². The number of esters is 1. The monoisotopic (exact) mass is 621 g/mol. The molecule has 1 N–H and O–H groups in total. The van der Waals surface area contributed by atoms with Crippen molar-refractivity contribution in [2.24, 2.45) is 0 Å². The van der Waals surface area contributed by atoms with Gasteiger partial charge in [-0.2, -0.15) is 5.10 Å². The molecule has 5 aromatic rings. The lowest BCUT2D eigenvalue weighted by Crippen LogP contribution is -2.49. The van der Waals surface area contributed by atoms with Crippen LogP contribution in [0, 0.1) is 25.5 Å². The number of aromatic nitrogens is 8. The zero-order valence-electron chi connectivity index (χ0n) is 24.8. The first kappa shape index (κ1) is 30.9. The molecule has 5 rings (SSSR count). The minimum atomic E-state index is -1.88. The predicted molar refractivity (Wildman–Crippen MR) is 156 cm³/mol. The Morgan fingerprint density at radius 3 is 2.43 bits per heavy atom. The van der Waals surface area contributed by atoms with Gasteiger partial charge in [0.2, 0.25) is 6.33 Å². The summed E-state index contributed by atoms with van der Waals surface area (Å²) in [4.78, 5) is 15.4. The minimum absolute atomic E-state index is 0.0852. The Hall–Kier alpha value is -4.56. The van der Waals surface area contributed by atoms with Gasteiger partial charge in [0.05, 0.1) is 11.3 Å². The van der Waals surface area contributed by atoms with Crippen molar-refractivity contribution in [2.45, 2.75) is 63.1 Å². The van der Waals surface area contributed by atoms with E-state index in [-0.39, 0.29) is 18.1 Å². The van der Waals surface area contributed by atoms with Gasteiger partial charge in [0, 0.05) is 23.7 Å². The summed E-state index contributed by atoms with van der Waals surface area (Å²) in [5, 5.41) is 29.7. The van der Waals surface area contributed by atoms with Crippen LogP contribution in [0.3, 0.4) is 0 Å². The van der Waals surface area contributed by atoms with Crippen LogP contribution in [0.4, 0.5) is 8.78 Å². The van der Waals surface area contributed by atoms with E-state index in [1.54, 1.807) is 38.6 Å². The molecule has 3 aromatic heterocycles. The molecular weight excluding hydrogens is 590 g/mol. The number of carbonyl (C=O) groups excluding carboxylic acids is 1. The lowest BCUT2D eigenvalue weighted by atomic mass is 9.82. The highest BCUT2D eigenvalue weighted by molar-refractivity contribution is 8.00. The summed E-state index contributed by atoms with van der Waals surface area (Å²) in [7, 11) is 0. The van der Waals surface area contributed by atoms with Gasteiger partial charge in [-0.25, -0.2) is 23.0 Å². The number of nitrogens with zero attached hydrogens (tertiary/aromatic N) is 8. The molecule has 3 heterocycles. The smallest absolute Gasteiger partial charge is 0.308 e. The average molecular weight is 622 g/mol. The van der Waals surface area contributed by atoms with E-state index in [4.69, 9.17) is 4.74 Å². The van der Waals surface area contributed by atoms with Crippen LogP contribution in [0.5, 0.6) is 5.75 Å². The number of benzene rings is 2. The Labute approximate surface area is 256 Å². The summed E-state index contributed by atoms with van der Waals surface area (Å²) >= 11 is 1.19. The van der Waals surface area contributed by atoms with Gasteiger partial charge in [-0.05, 0) is 74.7 Å². The van der Waals surface area contributed by atoms with Crippen molar-refractivity contribution in [1.82, 2.24) is 34.7 Å². The molecule has 0 aliphatic carbocycles. The fraction of sp³-hybridized carbons (Fsp3) is 0.300. The predicted octanol–water partition coefficient (Wildman–Crippen LogP) is 3.87. The number of thioether (sulfide) groups is 1. The molecule has 2 aromatic carbocycles. The highest BCUT2D eigenvalue weighted by Crippen LogP contribution is 2.47. The maximum absolute atomic E-state index is 15.3. The Kier molecular flexibility index (Phi) is 8.57. The molecule has 44 heavy (non-hydrogen) atoms. The van der Waals surface area contributed by atoms with E-state index in [0.717, 1.165) is 28.8 Å². The van der Waals surface area contributed by atoms with Crippen molar-refractivity contribution in [1.29, 1.82) is 0 Å². The molecular formula is C30H31F2N8O3S+. The molecule has 14 heteroatoms. The molecule has 0 bridgehead atoms. The van der Waals surface area contributed by atoms with Crippen LogP contribution in [0.25, 0.3) is 5.82 Å². The minimum Gasteiger partial charge on any atom is -0.426 e. The SMILES string of the molecule is CC(=O)Oc1c(C)cc(C[n+]2cnn(C[C@@](O)(c3ccc(F)cc3F)C(C)(C)Sc3ccc(-n4cncn4)nn3)c2)cc1C. The van der Waals surface area contributed by atoms with E-state index in [1.807, 2.05) is 30.5 Å². The summed E-state index contributed by atoms with van der Waals surface area (Å²) in [6, 6.07) is 10.4. The van der Waals surface area contributed by atoms with Gasteiger partial charge in [-0.3, -0.25) is 4.79 Å². The first-order valence-electron chi connectivity index (χ1n) is 13.6. The lowest BCUT2D eigenvalue weighted by Gasteiger charge is -2.40. The van der Waals surface area contributed by atoms with Gasteiger partial charge in [0.1, 0.15) is 47.2 Å². The number of hydrogen-bond acceptors (Lipinski definition) is 9. The van der Waals surface area contributed by atoms with Gasteiger partial charge in [-0.1, -0.05) is 17.8 Å². The molecule has 0 saturated carbocycles. The fourth-order valence-corrected chi connectivity index (χ4v) is 6.08. The second-order valence-electron chi connectivity index (χ2n) is 10.9. The van der Waals surface area contributed by atoms with Gasteiger partial charge < -0.3 is 9.84 Å². The highest BCUT2D eigenvalue weighted by Gasteiger charge is 2.50. The molecule has 0 spiro atoms. The molecule has 0 radical (unpaired) electrons. The number of halogens is 2. The largest absolute Gasteiger partial charge is 0.426 e. The van der Waals surface area contributed by atoms with Crippen LogP contribution in [-0.2, 0) is 23.5 Å². The van der Waals surface area contributed by atoms with E-state index in [2.05, 4.69) is 25.4 Å². The molecule has 0 aliphatic heterocycles. The molecule has 228 valence electrons. The number of aryl methyl sites for hydroxylation is 2. The quantitative estimate of drug-likeness (QED) is 0.107. The van der Waals surface area contributed by atoms with E-state index >= 15 is 4.39 Å². The fourth-order valence-electron chi connectivity index (χ4n) is 4.99. The van der Waals surface area contributed by atoms with Crippen molar-refractivity contribution in [2.75, 3.05) is 0 Å². The first-order chi connectivity index (χ1) is 20.8. The van der Waals surface area contributed by atoms with Gasteiger partial charge >= 0.3 is 5.97 Å². The lowest BCUT2D eigenvalue weighted by molar-refractivity contribution is -0.689. The molecule has 1 atom stereocenters. The van der Waals surface area contributed by atoms with Crippen molar-refractivity contribution in [3.05, 3.63) is 102 Å². The zero-order valence-corrected chi connectivity index (χ0v) is 25.6.